The lowest BCUT2D eigenvalue weighted by molar-refractivity contribution is -0.309. The Bertz CT molecular complexity index is 258. The van der Waals surface area contributed by atoms with Gasteiger partial charge in [0.05, 0.1) is 0 Å². The Morgan fingerprint density at radius 1 is 1.36 bits per heavy atom. The van der Waals surface area contributed by atoms with Crippen LogP contribution in [0.1, 0.15) is 5.56 Å². The quantitative estimate of drug-likeness (QED) is 0.300. The van der Waals surface area contributed by atoms with Crippen molar-refractivity contribution in [3.63, 3.8) is 0 Å². The first-order valence-corrected chi connectivity index (χ1v) is 4.25. The summed E-state index contributed by atoms with van der Waals surface area (Å²) in [4.78, 5) is 9.75. The molecule has 0 saturated carbocycles. The molecule has 3 nitrogen and oxygen atoms in total. The Hall–Kier alpha value is -1.16. The number of hydrogen-bond donors (Lipinski definition) is 0. The number of benzene rings is 1. The lowest BCUT2D eigenvalue weighted by Crippen LogP contribution is -2.08. The van der Waals surface area contributed by atoms with E-state index in [1.807, 2.05) is 30.3 Å². The number of methoxy groups -OCH3 is 1. The van der Waals surface area contributed by atoms with E-state index in [0.29, 0.717) is 12.9 Å². The molecule has 0 aromatic heterocycles. The summed E-state index contributed by atoms with van der Waals surface area (Å²) in [6.45, 7) is 3.82. The fraction of sp³-hybridized carbons (Fsp3) is 0.182. The molecule has 0 fully saturated rings. The van der Waals surface area contributed by atoms with Crippen LogP contribution in [0.25, 0.3) is 0 Å². The van der Waals surface area contributed by atoms with Crippen molar-refractivity contribution < 1.29 is 14.5 Å². The number of rotatable bonds is 6. The SMILES string of the molecule is C=CCOO[C](OC)c1ccccc1. The third-order valence-corrected chi connectivity index (χ3v) is 1.52. The molecule has 0 N–H and O–H groups in total. The number of ether oxygens (including phenoxy) is 1. The number of hydrogen-bond acceptors (Lipinski definition) is 3. The minimum absolute atomic E-state index is 0.319. The van der Waals surface area contributed by atoms with Gasteiger partial charge in [-0.25, -0.2) is 4.89 Å². The average molecular weight is 193 g/mol. The molecule has 0 aliphatic rings. The highest BCUT2D eigenvalue weighted by Crippen LogP contribution is 2.16. The second-order valence-corrected chi connectivity index (χ2v) is 2.51. The Morgan fingerprint density at radius 3 is 2.64 bits per heavy atom. The third kappa shape index (κ3) is 3.30. The molecule has 0 saturated heterocycles. The van der Waals surface area contributed by atoms with Crippen molar-refractivity contribution in [3.8, 4) is 0 Å². The molecule has 0 aliphatic carbocycles. The van der Waals surface area contributed by atoms with Crippen LogP contribution in [0.2, 0.25) is 0 Å². The fourth-order valence-electron chi connectivity index (χ4n) is 0.910. The van der Waals surface area contributed by atoms with E-state index in [0.717, 1.165) is 5.56 Å². The standard InChI is InChI=1S/C11H13O3/c1-3-9-13-14-11(12-2)10-7-5-4-6-8-10/h3-8H,1,9H2,2H3. The molecule has 1 aromatic carbocycles. The summed E-state index contributed by atoms with van der Waals surface area (Å²) in [5.74, 6) is 0. The van der Waals surface area contributed by atoms with E-state index in [1.54, 1.807) is 6.08 Å². The van der Waals surface area contributed by atoms with Gasteiger partial charge in [-0.2, -0.15) is 4.89 Å². The molecule has 0 unspecified atom stereocenters. The van der Waals surface area contributed by atoms with Crippen LogP contribution >= 0.6 is 0 Å². The molecule has 0 heterocycles. The maximum absolute atomic E-state index is 5.02. The second kappa shape index (κ2) is 6.32. The van der Waals surface area contributed by atoms with Crippen LogP contribution in [-0.4, -0.2) is 13.7 Å². The van der Waals surface area contributed by atoms with Gasteiger partial charge in [0.1, 0.15) is 6.61 Å². The molecule has 0 atom stereocenters. The Balaban J connectivity index is 2.50. The lowest BCUT2D eigenvalue weighted by Gasteiger charge is -2.11. The molecule has 1 radical (unpaired) electrons. The summed E-state index contributed by atoms with van der Waals surface area (Å²) < 4.78 is 5.02. The van der Waals surface area contributed by atoms with Gasteiger partial charge in [-0.1, -0.05) is 36.4 Å². The minimum atomic E-state index is 0.319. The third-order valence-electron chi connectivity index (χ3n) is 1.52. The monoisotopic (exact) mass is 193 g/mol. The molecular weight excluding hydrogens is 180 g/mol. The highest BCUT2D eigenvalue weighted by Gasteiger charge is 2.13. The van der Waals surface area contributed by atoms with Crippen molar-refractivity contribution in [2.24, 2.45) is 0 Å². The fourth-order valence-corrected chi connectivity index (χ4v) is 0.910. The van der Waals surface area contributed by atoms with Crippen LogP contribution in [0, 0.1) is 6.29 Å². The lowest BCUT2D eigenvalue weighted by atomic mass is 10.2. The summed E-state index contributed by atoms with van der Waals surface area (Å²) >= 11 is 0. The van der Waals surface area contributed by atoms with Crippen molar-refractivity contribution >= 4 is 0 Å². The van der Waals surface area contributed by atoms with Gasteiger partial charge in [0.2, 0.25) is 0 Å². The van der Waals surface area contributed by atoms with Gasteiger partial charge in [0.25, 0.3) is 6.29 Å². The first kappa shape index (κ1) is 10.9. The van der Waals surface area contributed by atoms with Crippen LogP contribution in [0.3, 0.4) is 0 Å². The van der Waals surface area contributed by atoms with Crippen LogP contribution in [0.4, 0.5) is 0 Å². The Labute approximate surface area is 83.8 Å². The Kier molecular flexibility index (Phi) is 4.93. The average Bonchev–Trinajstić information content (AvgIpc) is 2.26. The molecule has 1 aromatic rings. The van der Waals surface area contributed by atoms with E-state index in [4.69, 9.17) is 14.5 Å². The van der Waals surface area contributed by atoms with Gasteiger partial charge in [-0.05, 0) is 0 Å². The maximum Gasteiger partial charge on any atom is 0.289 e. The van der Waals surface area contributed by atoms with Crippen LogP contribution in [-0.2, 0) is 14.5 Å². The van der Waals surface area contributed by atoms with Crippen molar-refractivity contribution in [2.45, 2.75) is 0 Å². The molecule has 0 amide bonds. The predicted octanol–water partition coefficient (Wildman–Crippen LogP) is 2.30. The highest BCUT2D eigenvalue weighted by atomic mass is 17.2. The zero-order valence-electron chi connectivity index (χ0n) is 8.10. The summed E-state index contributed by atoms with van der Waals surface area (Å²) in [6, 6.07) is 9.45. The van der Waals surface area contributed by atoms with Gasteiger partial charge in [0.15, 0.2) is 0 Å². The van der Waals surface area contributed by atoms with E-state index in [9.17, 15) is 0 Å². The molecular formula is C11H13O3. The molecule has 0 bridgehead atoms. The van der Waals surface area contributed by atoms with Crippen LogP contribution in [0.5, 0.6) is 0 Å². The van der Waals surface area contributed by atoms with Crippen LogP contribution < -0.4 is 0 Å². The van der Waals surface area contributed by atoms with Crippen molar-refractivity contribution in [1.29, 1.82) is 0 Å². The van der Waals surface area contributed by atoms with Crippen LogP contribution in [0.15, 0.2) is 43.0 Å². The van der Waals surface area contributed by atoms with E-state index in [1.165, 1.54) is 7.11 Å². The zero-order valence-corrected chi connectivity index (χ0v) is 8.10. The normalized spacial score (nSPS) is 10.4. The van der Waals surface area contributed by atoms with Crippen molar-refractivity contribution in [3.05, 3.63) is 54.8 Å². The summed E-state index contributed by atoms with van der Waals surface area (Å²) in [7, 11) is 1.53. The Morgan fingerprint density at radius 2 is 2.07 bits per heavy atom. The molecule has 14 heavy (non-hydrogen) atoms. The van der Waals surface area contributed by atoms with Gasteiger partial charge in [0, 0.05) is 12.7 Å². The van der Waals surface area contributed by atoms with E-state index >= 15 is 0 Å². The topological polar surface area (TPSA) is 27.7 Å². The smallest absolute Gasteiger partial charge is 0.289 e. The molecule has 0 aliphatic heterocycles. The first-order chi connectivity index (χ1) is 6.88. The largest absolute Gasteiger partial charge is 0.343 e. The first-order valence-electron chi connectivity index (χ1n) is 4.25. The van der Waals surface area contributed by atoms with Crippen molar-refractivity contribution in [1.82, 2.24) is 0 Å². The van der Waals surface area contributed by atoms with E-state index in [2.05, 4.69) is 6.58 Å². The summed E-state index contributed by atoms with van der Waals surface area (Å²) in [6.07, 6.45) is 1.94. The molecule has 3 heteroatoms. The molecule has 0 spiro atoms. The van der Waals surface area contributed by atoms with Gasteiger partial charge in [-0.15, -0.1) is 6.58 Å². The second-order valence-electron chi connectivity index (χ2n) is 2.51. The predicted molar refractivity (Wildman–Crippen MR) is 53.0 cm³/mol. The van der Waals surface area contributed by atoms with E-state index in [-0.39, 0.29) is 0 Å². The summed E-state index contributed by atoms with van der Waals surface area (Å²) in [5, 5.41) is 0. The molecule has 1 rings (SSSR count). The minimum Gasteiger partial charge on any atom is -0.343 e. The zero-order chi connectivity index (χ0) is 10.2. The van der Waals surface area contributed by atoms with Gasteiger partial charge < -0.3 is 4.74 Å². The maximum atomic E-state index is 5.02. The van der Waals surface area contributed by atoms with Gasteiger partial charge in [-0.3, -0.25) is 0 Å². The van der Waals surface area contributed by atoms with Gasteiger partial charge >= 0.3 is 0 Å². The van der Waals surface area contributed by atoms with Crippen molar-refractivity contribution in [2.75, 3.05) is 13.7 Å². The highest BCUT2D eigenvalue weighted by molar-refractivity contribution is 5.23. The molecule has 75 valence electrons. The summed E-state index contributed by atoms with van der Waals surface area (Å²) in [5.41, 5.74) is 0.832. The van der Waals surface area contributed by atoms with E-state index < -0.39 is 0 Å².